The zero-order chi connectivity index (χ0) is 16.4. The monoisotopic (exact) mass is 318 g/mol. The van der Waals surface area contributed by atoms with E-state index in [9.17, 15) is 14.8 Å². The third-order valence-electron chi connectivity index (χ3n) is 4.97. The molecule has 1 aliphatic heterocycles. The average molecular weight is 318 g/mol. The number of hydroxylamine groups is 2. The van der Waals surface area contributed by atoms with E-state index in [2.05, 4.69) is 5.32 Å². The molecule has 1 spiro atoms. The van der Waals surface area contributed by atoms with Crippen LogP contribution < -0.4 is 5.32 Å². The van der Waals surface area contributed by atoms with Gasteiger partial charge in [-0.3, -0.25) is 14.8 Å². The number of ether oxygens (including phenoxy) is 1. The Labute approximate surface area is 135 Å². The fraction of sp³-hybridized carbons (Fsp3) is 0.529. The maximum absolute atomic E-state index is 12.3. The van der Waals surface area contributed by atoms with Gasteiger partial charge in [-0.15, -0.1) is 0 Å². The first-order valence-corrected chi connectivity index (χ1v) is 7.95. The van der Waals surface area contributed by atoms with Crippen molar-refractivity contribution >= 4 is 11.8 Å². The minimum atomic E-state index is -0.444. The van der Waals surface area contributed by atoms with Crippen molar-refractivity contribution in [2.45, 2.75) is 25.7 Å². The van der Waals surface area contributed by atoms with Gasteiger partial charge in [-0.05, 0) is 48.9 Å². The molecule has 0 radical (unpaired) electrons. The van der Waals surface area contributed by atoms with Crippen molar-refractivity contribution in [2.24, 2.45) is 5.41 Å². The van der Waals surface area contributed by atoms with Crippen molar-refractivity contribution in [1.82, 2.24) is 10.4 Å². The lowest BCUT2D eigenvalue weighted by Crippen LogP contribution is -2.37. The smallest absolute Gasteiger partial charge is 0.277 e. The Bertz CT molecular complexity index is 631. The van der Waals surface area contributed by atoms with Crippen molar-refractivity contribution in [3.63, 3.8) is 0 Å². The van der Waals surface area contributed by atoms with Crippen LogP contribution in [0.15, 0.2) is 18.2 Å². The molecule has 2 aliphatic rings. The van der Waals surface area contributed by atoms with Crippen molar-refractivity contribution < 1.29 is 19.5 Å². The Balaban J connectivity index is 1.81. The number of hydrogen-bond acceptors (Lipinski definition) is 4. The summed E-state index contributed by atoms with van der Waals surface area (Å²) in [4.78, 5) is 24.4. The van der Waals surface area contributed by atoms with Crippen LogP contribution in [0.1, 0.15) is 34.3 Å². The van der Waals surface area contributed by atoms with E-state index in [-0.39, 0.29) is 24.5 Å². The number of hydrogen-bond donors (Lipinski definition) is 2. The fourth-order valence-electron chi connectivity index (χ4n) is 3.55. The van der Waals surface area contributed by atoms with E-state index in [1.165, 1.54) is 12.7 Å². The maximum Gasteiger partial charge on any atom is 0.277 e. The molecule has 0 aromatic heterocycles. The number of amides is 2. The highest BCUT2D eigenvalue weighted by Gasteiger charge is 2.44. The summed E-state index contributed by atoms with van der Waals surface area (Å²) >= 11 is 0. The Morgan fingerprint density at radius 2 is 2.22 bits per heavy atom. The molecular formula is C17H22N2O4. The molecule has 0 bridgehead atoms. The second-order valence-electron chi connectivity index (χ2n) is 6.37. The summed E-state index contributed by atoms with van der Waals surface area (Å²) in [5, 5.41) is 13.4. The van der Waals surface area contributed by atoms with Crippen LogP contribution in [0, 0.1) is 5.41 Å². The van der Waals surface area contributed by atoms with Gasteiger partial charge < -0.3 is 10.1 Å². The second kappa shape index (κ2) is 6.29. The first kappa shape index (κ1) is 16.0. The van der Waals surface area contributed by atoms with Crippen molar-refractivity contribution in [2.75, 3.05) is 26.8 Å². The van der Waals surface area contributed by atoms with E-state index in [1.54, 1.807) is 6.07 Å². The highest BCUT2D eigenvalue weighted by molar-refractivity contribution is 5.94. The molecule has 0 unspecified atom stereocenters. The summed E-state index contributed by atoms with van der Waals surface area (Å²) in [6.07, 6.45) is 3.23. The normalized spacial score (nSPS) is 22.8. The Kier molecular flexibility index (Phi) is 4.37. The summed E-state index contributed by atoms with van der Waals surface area (Å²) in [7, 11) is 1.52. The van der Waals surface area contributed by atoms with E-state index in [1.807, 2.05) is 12.1 Å². The Morgan fingerprint density at radius 3 is 2.91 bits per heavy atom. The van der Waals surface area contributed by atoms with Gasteiger partial charge in [0.15, 0.2) is 0 Å². The number of benzene rings is 1. The van der Waals surface area contributed by atoms with E-state index >= 15 is 0 Å². The van der Waals surface area contributed by atoms with E-state index in [0.29, 0.717) is 17.0 Å². The Morgan fingerprint density at radius 1 is 1.39 bits per heavy atom. The molecular weight excluding hydrogens is 296 g/mol. The first-order valence-electron chi connectivity index (χ1n) is 7.95. The van der Waals surface area contributed by atoms with Crippen molar-refractivity contribution in [1.29, 1.82) is 0 Å². The van der Waals surface area contributed by atoms with Gasteiger partial charge >= 0.3 is 0 Å². The lowest BCUT2D eigenvalue weighted by molar-refractivity contribution is -0.128. The highest BCUT2D eigenvalue weighted by Crippen LogP contribution is 2.41. The molecule has 1 atom stereocenters. The van der Waals surface area contributed by atoms with Gasteiger partial charge in [0.1, 0.15) is 0 Å². The number of carbonyl (C=O) groups excluding carboxylic acids is 2. The predicted octanol–water partition coefficient (Wildman–Crippen LogP) is 1.16. The molecule has 1 aromatic rings. The SMILES string of the molecule is COCCN(O)C(=O)c1ccc2c(c1)C[C@]1(CCNC1=O)CC2. The van der Waals surface area contributed by atoms with Crippen molar-refractivity contribution in [3.05, 3.63) is 34.9 Å². The largest absolute Gasteiger partial charge is 0.383 e. The number of aryl methyl sites for hydroxylation is 1. The van der Waals surface area contributed by atoms with Crippen molar-refractivity contribution in [3.8, 4) is 0 Å². The van der Waals surface area contributed by atoms with Crippen LogP contribution in [0.2, 0.25) is 0 Å². The van der Waals surface area contributed by atoms with Gasteiger partial charge in [-0.25, -0.2) is 5.06 Å². The fourth-order valence-corrected chi connectivity index (χ4v) is 3.55. The molecule has 1 saturated heterocycles. The summed E-state index contributed by atoms with van der Waals surface area (Å²) < 4.78 is 4.87. The average Bonchev–Trinajstić information content (AvgIpc) is 2.91. The number of carbonyl (C=O) groups is 2. The molecule has 0 saturated carbocycles. The molecule has 1 aliphatic carbocycles. The molecule has 6 nitrogen and oxygen atoms in total. The topological polar surface area (TPSA) is 78.9 Å². The minimum absolute atomic E-state index is 0.124. The van der Waals surface area contributed by atoms with Gasteiger partial charge in [0.05, 0.1) is 18.6 Å². The van der Waals surface area contributed by atoms with Crippen LogP contribution in [-0.2, 0) is 22.4 Å². The third-order valence-corrected chi connectivity index (χ3v) is 4.97. The second-order valence-corrected chi connectivity index (χ2v) is 6.37. The zero-order valence-electron chi connectivity index (χ0n) is 13.3. The molecule has 6 heteroatoms. The standard InChI is InChI=1S/C17H22N2O4/c1-23-9-8-19(22)15(20)13-3-2-12-4-5-17(11-14(12)10-13)6-7-18-16(17)21/h2-3,10,22H,4-9,11H2,1H3,(H,18,21)/t17-/m1/s1. The Hall–Kier alpha value is -1.92. The molecule has 2 amide bonds. The summed E-state index contributed by atoms with van der Waals surface area (Å²) in [5.41, 5.74) is 2.36. The van der Waals surface area contributed by atoms with Crippen LogP contribution in [0.5, 0.6) is 0 Å². The summed E-state index contributed by atoms with van der Waals surface area (Å²) in [6.45, 7) is 1.13. The van der Waals surface area contributed by atoms with Gasteiger partial charge in [0, 0.05) is 19.2 Å². The molecule has 124 valence electrons. The first-order chi connectivity index (χ1) is 11.1. The van der Waals surface area contributed by atoms with Crippen LogP contribution in [0.4, 0.5) is 0 Å². The van der Waals surface area contributed by atoms with Crippen LogP contribution >= 0.6 is 0 Å². The number of fused-ring (bicyclic) bond motifs is 1. The number of methoxy groups -OCH3 is 1. The van der Waals surface area contributed by atoms with Gasteiger partial charge in [0.25, 0.3) is 5.91 Å². The third kappa shape index (κ3) is 2.96. The lowest BCUT2D eigenvalue weighted by Gasteiger charge is -2.32. The quantitative estimate of drug-likeness (QED) is 0.645. The summed E-state index contributed by atoms with van der Waals surface area (Å²) in [5.74, 6) is -0.316. The minimum Gasteiger partial charge on any atom is -0.383 e. The molecule has 23 heavy (non-hydrogen) atoms. The molecule has 1 fully saturated rings. The van der Waals surface area contributed by atoms with E-state index in [4.69, 9.17) is 4.74 Å². The zero-order valence-corrected chi connectivity index (χ0v) is 13.3. The number of rotatable bonds is 4. The summed E-state index contributed by atoms with van der Waals surface area (Å²) in [6, 6.07) is 5.50. The van der Waals surface area contributed by atoms with Crippen LogP contribution in [0.25, 0.3) is 0 Å². The predicted molar refractivity (Wildman–Crippen MR) is 83.2 cm³/mol. The van der Waals surface area contributed by atoms with E-state index < -0.39 is 5.91 Å². The lowest BCUT2D eigenvalue weighted by atomic mass is 9.70. The van der Waals surface area contributed by atoms with Gasteiger partial charge in [-0.2, -0.15) is 0 Å². The number of nitrogens with zero attached hydrogens (tertiary/aromatic N) is 1. The number of nitrogens with one attached hydrogen (secondary N) is 1. The highest BCUT2D eigenvalue weighted by atomic mass is 16.5. The molecule has 1 aromatic carbocycles. The van der Waals surface area contributed by atoms with Crippen LogP contribution in [0.3, 0.4) is 0 Å². The molecule has 2 N–H and O–H groups in total. The van der Waals surface area contributed by atoms with Gasteiger partial charge in [0.2, 0.25) is 5.91 Å². The van der Waals surface area contributed by atoms with Crippen LogP contribution in [-0.4, -0.2) is 48.9 Å². The molecule has 3 rings (SSSR count). The van der Waals surface area contributed by atoms with E-state index in [0.717, 1.165) is 31.4 Å². The van der Waals surface area contributed by atoms with Gasteiger partial charge in [-0.1, -0.05) is 6.07 Å². The maximum atomic E-state index is 12.3. The molecule has 1 heterocycles.